The third-order valence-electron chi connectivity index (χ3n) is 5.07. The zero-order chi connectivity index (χ0) is 21.1. The van der Waals surface area contributed by atoms with E-state index >= 15 is 0 Å². The summed E-state index contributed by atoms with van der Waals surface area (Å²) >= 11 is 1.51. The molecule has 0 spiro atoms. The van der Waals surface area contributed by atoms with Gasteiger partial charge in [-0.15, -0.1) is 11.8 Å². The van der Waals surface area contributed by atoms with Crippen LogP contribution in [0.4, 0.5) is 11.4 Å². The Hall–Kier alpha value is -2.87. The molecule has 0 aromatic heterocycles. The van der Waals surface area contributed by atoms with Crippen LogP contribution in [0.1, 0.15) is 13.3 Å². The van der Waals surface area contributed by atoms with E-state index in [9.17, 15) is 9.59 Å². The second-order valence-electron chi connectivity index (χ2n) is 6.99. The number of carbonyl (C=O) groups excluding carboxylic acids is 2. The topological polar surface area (TPSA) is 77.1 Å². The van der Waals surface area contributed by atoms with Crippen LogP contribution < -0.4 is 24.4 Å². The normalized spacial score (nSPS) is 17.7. The van der Waals surface area contributed by atoms with Gasteiger partial charge in [0.15, 0.2) is 11.5 Å². The first-order chi connectivity index (χ1) is 14.6. The predicted octanol–water partition coefficient (Wildman–Crippen LogP) is 3.57. The van der Waals surface area contributed by atoms with Gasteiger partial charge >= 0.3 is 0 Å². The number of amides is 2. The molecule has 1 atom stereocenters. The molecule has 1 fully saturated rings. The maximum Gasteiger partial charge on any atom is 0.229 e. The quantitative estimate of drug-likeness (QED) is 0.709. The zero-order valence-corrected chi connectivity index (χ0v) is 17.8. The van der Waals surface area contributed by atoms with E-state index in [2.05, 4.69) is 5.32 Å². The molecule has 0 aliphatic carbocycles. The highest BCUT2D eigenvalue weighted by molar-refractivity contribution is 7.98. The Morgan fingerprint density at radius 2 is 1.97 bits per heavy atom. The lowest BCUT2D eigenvalue weighted by Crippen LogP contribution is -2.28. The molecule has 8 heteroatoms. The number of thioether (sulfide) groups is 1. The number of hydrogen-bond acceptors (Lipinski definition) is 6. The molecule has 2 aromatic carbocycles. The van der Waals surface area contributed by atoms with Gasteiger partial charge in [0.1, 0.15) is 19.0 Å². The summed E-state index contributed by atoms with van der Waals surface area (Å²) in [7, 11) is 0. The van der Waals surface area contributed by atoms with Crippen LogP contribution in [-0.4, -0.2) is 44.4 Å². The van der Waals surface area contributed by atoms with E-state index in [4.69, 9.17) is 14.2 Å². The summed E-state index contributed by atoms with van der Waals surface area (Å²) in [5.74, 6) is 1.21. The number of hydrogen-bond donors (Lipinski definition) is 1. The molecule has 2 amide bonds. The van der Waals surface area contributed by atoms with Crippen molar-refractivity contribution in [1.82, 2.24) is 0 Å². The number of rotatable bonds is 6. The summed E-state index contributed by atoms with van der Waals surface area (Å²) < 4.78 is 16.9. The maximum atomic E-state index is 13.0. The van der Waals surface area contributed by atoms with Crippen LogP contribution in [0.5, 0.6) is 17.2 Å². The van der Waals surface area contributed by atoms with Crippen molar-refractivity contribution in [3.8, 4) is 17.2 Å². The standard InChI is InChI=1S/C22H24N2O5S/c1-3-27-17-7-5-4-6-16(17)24-13-14(10-21(24)25)22(26)23-15-11-18-19(12-20(15)30-2)29-9-8-28-18/h4-7,11-12,14H,3,8-10,13H2,1-2H3,(H,23,26). The number of anilines is 2. The van der Waals surface area contributed by atoms with E-state index in [1.165, 1.54) is 11.8 Å². The first kappa shape index (κ1) is 20.4. The lowest BCUT2D eigenvalue weighted by molar-refractivity contribution is -0.122. The van der Waals surface area contributed by atoms with Gasteiger partial charge in [-0.25, -0.2) is 0 Å². The van der Waals surface area contributed by atoms with E-state index in [0.717, 1.165) is 4.90 Å². The minimum Gasteiger partial charge on any atom is -0.492 e. The Labute approximate surface area is 179 Å². The van der Waals surface area contributed by atoms with Gasteiger partial charge in [-0.1, -0.05) is 12.1 Å². The van der Waals surface area contributed by atoms with E-state index in [0.29, 0.717) is 55.0 Å². The number of para-hydroxylation sites is 2. The van der Waals surface area contributed by atoms with Crippen LogP contribution >= 0.6 is 11.8 Å². The van der Waals surface area contributed by atoms with Crippen molar-refractivity contribution in [1.29, 1.82) is 0 Å². The van der Waals surface area contributed by atoms with Crippen LogP contribution in [-0.2, 0) is 9.59 Å². The lowest BCUT2D eigenvalue weighted by Gasteiger charge is -2.22. The molecular formula is C22H24N2O5S. The van der Waals surface area contributed by atoms with Gasteiger partial charge in [-0.2, -0.15) is 0 Å². The molecule has 0 saturated carbocycles. The van der Waals surface area contributed by atoms with Crippen LogP contribution in [0.25, 0.3) is 0 Å². The summed E-state index contributed by atoms with van der Waals surface area (Å²) in [6.45, 7) is 3.70. The molecule has 2 aliphatic heterocycles. The van der Waals surface area contributed by atoms with Gasteiger partial charge in [-0.05, 0) is 31.4 Å². The number of benzene rings is 2. The van der Waals surface area contributed by atoms with Crippen LogP contribution in [0, 0.1) is 5.92 Å². The second kappa shape index (κ2) is 8.87. The molecule has 2 aliphatic rings. The smallest absolute Gasteiger partial charge is 0.229 e. The van der Waals surface area contributed by atoms with Crippen LogP contribution in [0.3, 0.4) is 0 Å². The highest BCUT2D eigenvalue weighted by Crippen LogP contribution is 2.40. The van der Waals surface area contributed by atoms with Gasteiger partial charge in [0.2, 0.25) is 11.8 Å². The third-order valence-corrected chi connectivity index (χ3v) is 5.85. The number of ether oxygens (including phenoxy) is 3. The average molecular weight is 429 g/mol. The van der Waals surface area contributed by atoms with Crippen molar-refractivity contribution in [2.75, 3.05) is 42.8 Å². The third kappa shape index (κ3) is 4.05. The monoisotopic (exact) mass is 428 g/mol. The fourth-order valence-corrected chi connectivity index (χ4v) is 4.20. The van der Waals surface area contributed by atoms with Gasteiger partial charge in [-0.3, -0.25) is 9.59 Å². The van der Waals surface area contributed by atoms with Gasteiger partial charge < -0.3 is 24.4 Å². The highest BCUT2D eigenvalue weighted by Gasteiger charge is 2.36. The summed E-state index contributed by atoms with van der Waals surface area (Å²) in [5, 5.41) is 2.98. The van der Waals surface area contributed by atoms with E-state index in [-0.39, 0.29) is 18.2 Å². The Morgan fingerprint density at radius 1 is 1.23 bits per heavy atom. The van der Waals surface area contributed by atoms with E-state index in [1.807, 2.05) is 43.5 Å². The van der Waals surface area contributed by atoms with Crippen molar-refractivity contribution in [3.63, 3.8) is 0 Å². The summed E-state index contributed by atoms with van der Waals surface area (Å²) in [5.41, 5.74) is 1.36. The van der Waals surface area contributed by atoms with Crippen molar-refractivity contribution >= 4 is 35.0 Å². The average Bonchev–Trinajstić information content (AvgIpc) is 3.15. The van der Waals surface area contributed by atoms with Crippen molar-refractivity contribution in [3.05, 3.63) is 36.4 Å². The fourth-order valence-electron chi connectivity index (χ4n) is 3.65. The molecule has 158 valence electrons. The summed E-state index contributed by atoms with van der Waals surface area (Å²) in [4.78, 5) is 28.2. The minimum absolute atomic E-state index is 0.0884. The molecule has 1 saturated heterocycles. The summed E-state index contributed by atoms with van der Waals surface area (Å²) in [6, 6.07) is 11.1. The van der Waals surface area contributed by atoms with E-state index < -0.39 is 5.92 Å². The van der Waals surface area contributed by atoms with Crippen LogP contribution in [0.2, 0.25) is 0 Å². The van der Waals surface area contributed by atoms with Crippen molar-refractivity contribution in [2.45, 2.75) is 18.2 Å². The van der Waals surface area contributed by atoms with Crippen molar-refractivity contribution < 1.29 is 23.8 Å². The molecule has 30 heavy (non-hydrogen) atoms. The molecule has 0 bridgehead atoms. The molecule has 1 N–H and O–H groups in total. The first-order valence-electron chi connectivity index (χ1n) is 9.91. The van der Waals surface area contributed by atoms with Gasteiger partial charge in [0, 0.05) is 23.9 Å². The number of carbonyl (C=O) groups is 2. The fraction of sp³-hybridized carbons (Fsp3) is 0.364. The SMILES string of the molecule is CCOc1ccccc1N1CC(C(=O)Nc2cc3c(cc2SC)OCCO3)CC1=O. The minimum atomic E-state index is -0.449. The maximum absolute atomic E-state index is 13.0. The Bertz CT molecular complexity index is 965. The Morgan fingerprint density at radius 3 is 2.70 bits per heavy atom. The lowest BCUT2D eigenvalue weighted by atomic mass is 10.1. The Kier molecular flexibility index (Phi) is 6.03. The molecule has 1 unspecified atom stereocenters. The Balaban J connectivity index is 1.51. The first-order valence-corrected chi connectivity index (χ1v) is 11.1. The largest absolute Gasteiger partial charge is 0.492 e. The number of nitrogens with zero attached hydrogens (tertiary/aromatic N) is 1. The number of fused-ring (bicyclic) bond motifs is 1. The second-order valence-corrected chi connectivity index (χ2v) is 7.84. The predicted molar refractivity (Wildman–Crippen MR) is 116 cm³/mol. The highest BCUT2D eigenvalue weighted by atomic mass is 32.2. The molecular weight excluding hydrogens is 404 g/mol. The van der Waals surface area contributed by atoms with Crippen molar-refractivity contribution in [2.24, 2.45) is 5.92 Å². The van der Waals surface area contributed by atoms with E-state index in [1.54, 1.807) is 11.0 Å². The van der Waals surface area contributed by atoms with Gasteiger partial charge in [0.25, 0.3) is 0 Å². The molecule has 2 aromatic rings. The zero-order valence-electron chi connectivity index (χ0n) is 17.0. The summed E-state index contributed by atoms with van der Waals surface area (Å²) in [6.07, 6.45) is 2.10. The molecule has 4 rings (SSSR count). The number of nitrogens with one attached hydrogen (secondary N) is 1. The molecule has 7 nitrogen and oxygen atoms in total. The van der Waals surface area contributed by atoms with Crippen LogP contribution in [0.15, 0.2) is 41.3 Å². The van der Waals surface area contributed by atoms with Gasteiger partial charge in [0.05, 0.1) is 23.9 Å². The molecule has 2 heterocycles. The molecule has 0 radical (unpaired) electrons.